The Balaban J connectivity index is 2.28. The summed E-state index contributed by atoms with van der Waals surface area (Å²) in [5.41, 5.74) is 0. The van der Waals surface area contributed by atoms with Gasteiger partial charge in [-0.1, -0.05) is 6.92 Å². The van der Waals surface area contributed by atoms with E-state index in [0.717, 1.165) is 13.0 Å². The first-order valence-electron chi connectivity index (χ1n) is 5.68. The van der Waals surface area contributed by atoms with E-state index in [9.17, 15) is 14.4 Å². The Hall–Kier alpha value is -1.43. The normalized spacial score (nSPS) is 20.9. The number of esters is 2. The highest BCUT2D eigenvalue weighted by molar-refractivity contribution is 5.88. The summed E-state index contributed by atoms with van der Waals surface area (Å²) in [4.78, 5) is 33.2. The van der Waals surface area contributed by atoms with Crippen molar-refractivity contribution in [1.82, 2.24) is 5.32 Å². The summed E-state index contributed by atoms with van der Waals surface area (Å²) < 4.78 is 4.65. The molecule has 6 heteroatoms. The first-order chi connectivity index (χ1) is 7.99. The molecule has 17 heavy (non-hydrogen) atoms. The van der Waals surface area contributed by atoms with Crippen LogP contribution in [-0.2, 0) is 19.1 Å². The van der Waals surface area contributed by atoms with Gasteiger partial charge in [-0.3, -0.25) is 9.59 Å². The summed E-state index contributed by atoms with van der Waals surface area (Å²) in [7, 11) is 0. The Bertz CT molecular complexity index is 309. The zero-order valence-electron chi connectivity index (χ0n) is 9.77. The van der Waals surface area contributed by atoms with Crippen molar-refractivity contribution < 1.29 is 24.2 Å². The first-order valence-corrected chi connectivity index (χ1v) is 5.68. The van der Waals surface area contributed by atoms with E-state index in [1.807, 2.05) is 0 Å². The fourth-order valence-electron chi connectivity index (χ4n) is 1.77. The summed E-state index contributed by atoms with van der Waals surface area (Å²) >= 11 is 0. The van der Waals surface area contributed by atoms with Crippen LogP contribution in [0, 0.1) is 5.92 Å². The van der Waals surface area contributed by atoms with Gasteiger partial charge in [-0.2, -0.15) is 0 Å². The van der Waals surface area contributed by atoms with Crippen molar-refractivity contribution in [2.24, 2.45) is 5.92 Å². The molecule has 0 aromatic heterocycles. The van der Waals surface area contributed by atoms with E-state index in [0.29, 0.717) is 6.42 Å². The molecular weight excluding hydrogens is 226 g/mol. The van der Waals surface area contributed by atoms with Crippen LogP contribution in [0.5, 0.6) is 0 Å². The summed E-state index contributed by atoms with van der Waals surface area (Å²) in [5, 5.41) is 11.4. The molecule has 1 unspecified atom stereocenters. The van der Waals surface area contributed by atoms with Gasteiger partial charge in [0.05, 0.1) is 0 Å². The lowest BCUT2D eigenvalue weighted by atomic mass is 10.0. The third-order valence-corrected chi connectivity index (χ3v) is 2.60. The topological polar surface area (TPSA) is 92.7 Å². The third kappa shape index (κ3) is 4.95. The highest BCUT2D eigenvalue weighted by atomic mass is 16.6. The second-order valence-corrected chi connectivity index (χ2v) is 4.35. The molecule has 2 atom stereocenters. The summed E-state index contributed by atoms with van der Waals surface area (Å²) in [5.74, 6) is -2.51. The zero-order chi connectivity index (χ0) is 12.8. The highest BCUT2D eigenvalue weighted by Crippen LogP contribution is 2.11. The Kier molecular flexibility index (Phi) is 5.09. The second-order valence-electron chi connectivity index (χ2n) is 4.35. The summed E-state index contributed by atoms with van der Waals surface area (Å²) in [6, 6.07) is -0.395. The number of aliphatic carboxylic acids is 1. The Labute approximate surface area is 99.3 Å². The first kappa shape index (κ1) is 13.6. The molecule has 0 aliphatic carbocycles. The molecule has 1 fully saturated rings. The minimum absolute atomic E-state index is 0.0508. The van der Waals surface area contributed by atoms with Crippen LogP contribution in [0.1, 0.15) is 32.6 Å². The number of carbonyl (C=O) groups excluding carboxylic acids is 2. The summed E-state index contributed by atoms with van der Waals surface area (Å²) in [6.07, 6.45) is 1.41. The van der Waals surface area contributed by atoms with Crippen molar-refractivity contribution in [3.8, 4) is 0 Å². The Morgan fingerprint density at radius 2 is 2.12 bits per heavy atom. The lowest BCUT2D eigenvalue weighted by molar-refractivity contribution is -0.161. The van der Waals surface area contributed by atoms with Crippen LogP contribution in [0.15, 0.2) is 0 Å². The van der Waals surface area contributed by atoms with Crippen molar-refractivity contribution in [3.63, 3.8) is 0 Å². The maximum absolute atomic E-state index is 11.4. The monoisotopic (exact) mass is 243 g/mol. The van der Waals surface area contributed by atoms with Crippen molar-refractivity contribution in [2.75, 3.05) is 6.54 Å². The molecule has 0 aromatic rings. The second kappa shape index (κ2) is 6.34. The van der Waals surface area contributed by atoms with Crippen molar-refractivity contribution in [3.05, 3.63) is 0 Å². The molecular formula is C11H17NO5. The van der Waals surface area contributed by atoms with Crippen LogP contribution in [0.2, 0.25) is 0 Å². The molecule has 0 radical (unpaired) electrons. The number of rotatable bonds is 5. The largest absolute Gasteiger partial charge is 0.481 e. The van der Waals surface area contributed by atoms with Gasteiger partial charge in [-0.25, -0.2) is 4.79 Å². The molecule has 0 saturated carbocycles. The van der Waals surface area contributed by atoms with Gasteiger partial charge in [-0.15, -0.1) is 0 Å². The lowest BCUT2D eigenvalue weighted by Gasteiger charge is -2.10. The van der Waals surface area contributed by atoms with Gasteiger partial charge >= 0.3 is 17.9 Å². The van der Waals surface area contributed by atoms with Gasteiger partial charge in [0.1, 0.15) is 6.04 Å². The fourth-order valence-corrected chi connectivity index (χ4v) is 1.77. The number of ether oxygens (including phenoxy) is 1. The predicted molar refractivity (Wildman–Crippen MR) is 58.2 cm³/mol. The number of hydrogen-bond acceptors (Lipinski definition) is 5. The van der Waals surface area contributed by atoms with Gasteiger partial charge in [0.15, 0.2) is 0 Å². The van der Waals surface area contributed by atoms with Crippen LogP contribution in [0.4, 0.5) is 0 Å². The molecule has 0 bridgehead atoms. The molecule has 2 N–H and O–H groups in total. The number of carboxylic acid groups (broad SMARTS) is 1. The van der Waals surface area contributed by atoms with Crippen LogP contribution < -0.4 is 5.32 Å². The van der Waals surface area contributed by atoms with Crippen LogP contribution >= 0.6 is 0 Å². The molecule has 0 aromatic carbocycles. The van der Waals surface area contributed by atoms with Crippen molar-refractivity contribution >= 4 is 17.9 Å². The standard InChI is InChI=1S/C11H17NO5/c1-7(5-9(13)14)6-10(15)17-11(16)8-3-2-4-12-8/h7-8,12H,2-6H2,1H3,(H,13,14)/t7?,8-/m0/s1. The Morgan fingerprint density at radius 3 is 2.65 bits per heavy atom. The molecule has 1 aliphatic rings. The number of carboxylic acids is 1. The average molecular weight is 243 g/mol. The van der Waals surface area contributed by atoms with Gasteiger partial charge in [-0.05, 0) is 25.3 Å². The molecule has 1 rings (SSSR count). The molecule has 0 amide bonds. The minimum atomic E-state index is -0.964. The van der Waals surface area contributed by atoms with Gasteiger partial charge in [0.2, 0.25) is 0 Å². The van der Waals surface area contributed by atoms with E-state index < -0.39 is 23.9 Å². The molecule has 1 heterocycles. The van der Waals surface area contributed by atoms with Gasteiger partial charge in [0.25, 0.3) is 0 Å². The molecule has 0 spiro atoms. The van der Waals surface area contributed by atoms with Gasteiger partial charge < -0.3 is 15.2 Å². The Morgan fingerprint density at radius 1 is 1.41 bits per heavy atom. The van der Waals surface area contributed by atoms with E-state index in [-0.39, 0.29) is 18.8 Å². The van der Waals surface area contributed by atoms with Crippen LogP contribution in [-0.4, -0.2) is 35.6 Å². The SMILES string of the molecule is CC(CC(=O)O)CC(=O)OC(=O)[C@@H]1CCCN1. The maximum Gasteiger partial charge on any atom is 0.330 e. The minimum Gasteiger partial charge on any atom is -0.481 e. The average Bonchev–Trinajstić information content (AvgIpc) is 2.67. The van der Waals surface area contributed by atoms with Crippen molar-refractivity contribution in [2.45, 2.75) is 38.6 Å². The van der Waals surface area contributed by atoms with E-state index >= 15 is 0 Å². The predicted octanol–water partition coefficient (Wildman–Crippen LogP) is 0.309. The number of hydrogen-bond donors (Lipinski definition) is 2. The quantitative estimate of drug-likeness (QED) is 0.533. The van der Waals surface area contributed by atoms with E-state index in [1.54, 1.807) is 6.92 Å². The smallest absolute Gasteiger partial charge is 0.330 e. The van der Waals surface area contributed by atoms with Crippen LogP contribution in [0.25, 0.3) is 0 Å². The molecule has 1 saturated heterocycles. The highest BCUT2D eigenvalue weighted by Gasteiger charge is 2.26. The molecule has 6 nitrogen and oxygen atoms in total. The van der Waals surface area contributed by atoms with Crippen molar-refractivity contribution in [1.29, 1.82) is 0 Å². The summed E-state index contributed by atoms with van der Waals surface area (Å²) in [6.45, 7) is 2.39. The third-order valence-electron chi connectivity index (χ3n) is 2.60. The lowest BCUT2D eigenvalue weighted by Crippen LogP contribution is -2.34. The van der Waals surface area contributed by atoms with Gasteiger partial charge in [0, 0.05) is 12.8 Å². The van der Waals surface area contributed by atoms with E-state index in [1.165, 1.54) is 0 Å². The van der Waals surface area contributed by atoms with E-state index in [2.05, 4.69) is 10.1 Å². The number of carbonyl (C=O) groups is 3. The van der Waals surface area contributed by atoms with Crippen LogP contribution in [0.3, 0.4) is 0 Å². The number of nitrogens with one attached hydrogen (secondary N) is 1. The zero-order valence-corrected chi connectivity index (χ0v) is 9.77. The molecule has 96 valence electrons. The van der Waals surface area contributed by atoms with E-state index in [4.69, 9.17) is 5.11 Å². The fraction of sp³-hybridized carbons (Fsp3) is 0.727. The maximum atomic E-state index is 11.4. The molecule has 1 aliphatic heterocycles.